The molecular formula is C31H38N8O3. The molecule has 0 bridgehead atoms. The molecule has 3 heterocycles. The van der Waals surface area contributed by atoms with Crippen LogP contribution in [0.3, 0.4) is 0 Å². The van der Waals surface area contributed by atoms with Gasteiger partial charge in [0.1, 0.15) is 23.6 Å². The minimum Gasteiger partial charge on any atom is -0.495 e. The summed E-state index contributed by atoms with van der Waals surface area (Å²) in [4.78, 5) is 27.5. The number of carbonyl (C=O) groups is 1. The number of fused-ring (bicyclic) bond motifs is 1. The summed E-state index contributed by atoms with van der Waals surface area (Å²) in [6, 6.07) is 15.8. The highest BCUT2D eigenvalue weighted by molar-refractivity contribution is 5.99. The first kappa shape index (κ1) is 27.9. The number of amides is 1. The molecule has 1 saturated heterocycles. The number of hydrogen-bond donors (Lipinski definition) is 2. The van der Waals surface area contributed by atoms with Crippen LogP contribution < -0.4 is 15.4 Å². The Labute approximate surface area is 245 Å². The van der Waals surface area contributed by atoms with E-state index in [2.05, 4.69) is 26.8 Å². The summed E-state index contributed by atoms with van der Waals surface area (Å²) in [5.41, 5.74) is 9.89. The quantitative estimate of drug-likeness (QED) is 0.330. The van der Waals surface area contributed by atoms with Gasteiger partial charge in [0.2, 0.25) is 0 Å². The number of piperazine rings is 1. The van der Waals surface area contributed by atoms with Crippen molar-refractivity contribution < 1.29 is 14.6 Å². The van der Waals surface area contributed by atoms with E-state index in [1.807, 2.05) is 47.1 Å². The molecule has 11 heteroatoms. The van der Waals surface area contributed by atoms with Crippen LogP contribution in [0.5, 0.6) is 5.75 Å². The van der Waals surface area contributed by atoms with Crippen molar-refractivity contribution in [1.82, 2.24) is 29.5 Å². The molecule has 1 aliphatic heterocycles. The lowest BCUT2D eigenvalue weighted by atomic mass is 9.90. The molecule has 0 radical (unpaired) electrons. The predicted molar refractivity (Wildman–Crippen MR) is 163 cm³/mol. The number of benzene rings is 2. The average Bonchev–Trinajstić information content (AvgIpc) is 3.41. The molecule has 0 spiro atoms. The molecule has 0 atom stereocenters. The molecule has 3 N–H and O–H groups in total. The zero-order valence-corrected chi connectivity index (χ0v) is 24.2. The topological polar surface area (TPSA) is 126 Å². The molecule has 2 aromatic carbocycles. The number of nitrogens with zero attached hydrogens (tertiary/aromatic N) is 7. The van der Waals surface area contributed by atoms with Gasteiger partial charge in [-0.15, -0.1) is 0 Å². The van der Waals surface area contributed by atoms with Gasteiger partial charge in [-0.3, -0.25) is 9.80 Å². The number of methoxy groups -OCH3 is 1. The van der Waals surface area contributed by atoms with Crippen LogP contribution >= 0.6 is 0 Å². The Hall–Kier alpha value is -4.22. The van der Waals surface area contributed by atoms with Crippen molar-refractivity contribution in [2.45, 2.75) is 44.3 Å². The predicted octanol–water partition coefficient (Wildman–Crippen LogP) is 4.50. The highest BCUT2D eigenvalue weighted by Gasteiger charge is 2.31. The number of ether oxygens (including phenoxy) is 1. The van der Waals surface area contributed by atoms with E-state index in [1.165, 1.54) is 18.3 Å². The van der Waals surface area contributed by atoms with Gasteiger partial charge in [0.05, 0.1) is 30.8 Å². The van der Waals surface area contributed by atoms with Crippen LogP contribution in [-0.4, -0.2) is 87.1 Å². The van der Waals surface area contributed by atoms with E-state index in [1.54, 1.807) is 6.07 Å². The lowest BCUT2D eigenvalue weighted by molar-refractivity contribution is 0.0815. The molecule has 220 valence electrons. The van der Waals surface area contributed by atoms with Gasteiger partial charge >= 0.3 is 6.09 Å². The Morgan fingerprint density at radius 3 is 2.43 bits per heavy atom. The lowest BCUT2D eigenvalue weighted by Crippen LogP contribution is -2.49. The molecule has 6 rings (SSSR count). The highest BCUT2D eigenvalue weighted by Crippen LogP contribution is 2.40. The standard InChI is InChI=1S/C31H38N8O3/c1-36-14-16-37(17-15-36)23-9-11-24(12-10-23)39-30-27(29(32)33-20-34-30)28(35-39)22-8-13-25(26(18-22)42-2)38(31(40)41)19-21-6-4-3-5-7-21/h3-8,13,18,20,23-24H,9-12,14-17,19H2,1-2H3,(H,40,41)(H2,32,33,34). The first-order valence-corrected chi connectivity index (χ1v) is 14.6. The van der Waals surface area contributed by atoms with Crippen molar-refractivity contribution in [3.63, 3.8) is 0 Å². The summed E-state index contributed by atoms with van der Waals surface area (Å²) in [6.45, 7) is 4.71. The van der Waals surface area contributed by atoms with Crippen LogP contribution in [0.1, 0.15) is 37.3 Å². The first-order valence-electron chi connectivity index (χ1n) is 14.6. The zero-order chi connectivity index (χ0) is 29.2. The van der Waals surface area contributed by atoms with E-state index in [4.69, 9.17) is 15.6 Å². The van der Waals surface area contributed by atoms with Gasteiger partial charge in [-0.25, -0.2) is 19.4 Å². The fourth-order valence-electron chi connectivity index (χ4n) is 6.38. The van der Waals surface area contributed by atoms with Crippen molar-refractivity contribution in [3.05, 3.63) is 60.4 Å². The first-order chi connectivity index (χ1) is 20.4. The van der Waals surface area contributed by atoms with E-state index in [-0.39, 0.29) is 12.6 Å². The molecule has 2 aliphatic rings. The van der Waals surface area contributed by atoms with E-state index >= 15 is 0 Å². The van der Waals surface area contributed by atoms with Crippen LogP contribution in [0.15, 0.2) is 54.9 Å². The molecule has 4 aromatic rings. The Morgan fingerprint density at radius 1 is 1.02 bits per heavy atom. The third-order valence-corrected chi connectivity index (χ3v) is 8.74. The van der Waals surface area contributed by atoms with Gasteiger partial charge in [0.25, 0.3) is 0 Å². The van der Waals surface area contributed by atoms with Crippen LogP contribution in [0, 0.1) is 0 Å². The summed E-state index contributed by atoms with van der Waals surface area (Å²) in [7, 11) is 3.73. The van der Waals surface area contributed by atoms with E-state index in [0.29, 0.717) is 34.4 Å². The van der Waals surface area contributed by atoms with Crippen LogP contribution in [0.25, 0.3) is 22.3 Å². The molecule has 2 aromatic heterocycles. The number of nitrogens with two attached hydrogens (primary N) is 1. The van der Waals surface area contributed by atoms with Crippen molar-refractivity contribution in [2.75, 3.05) is 51.0 Å². The zero-order valence-electron chi connectivity index (χ0n) is 24.2. The van der Waals surface area contributed by atoms with Gasteiger partial charge in [0.15, 0.2) is 5.65 Å². The van der Waals surface area contributed by atoms with E-state index < -0.39 is 6.09 Å². The Morgan fingerprint density at radius 2 is 1.74 bits per heavy atom. The number of rotatable bonds is 7. The second-order valence-corrected chi connectivity index (χ2v) is 11.3. The van der Waals surface area contributed by atoms with Gasteiger partial charge in [-0.05, 0) is 50.4 Å². The Bertz CT molecular complexity index is 1540. The molecule has 0 unspecified atom stereocenters. The average molecular weight is 571 g/mol. The maximum absolute atomic E-state index is 12.3. The van der Waals surface area contributed by atoms with Crippen LogP contribution in [0.4, 0.5) is 16.3 Å². The minimum absolute atomic E-state index is 0.195. The third-order valence-electron chi connectivity index (χ3n) is 8.74. The van der Waals surface area contributed by atoms with Gasteiger partial charge in [0, 0.05) is 37.8 Å². The molecule has 11 nitrogen and oxygen atoms in total. The van der Waals surface area contributed by atoms with Crippen molar-refractivity contribution in [2.24, 2.45) is 0 Å². The SMILES string of the molecule is COc1cc(-c2nn(C3CCC(N4CCN(C)CC4)CC3)c3ncnc(N)c23)ccc1N(Cc1ccccc1)C(=O)O. The fourth-order valence-corrected chi connectivity index (χ4v) is 6.38. The highest BCUT2D eigenvalue weighted by atomic mass is 16.5. The third kappa shape index (κ3) is 5.49. The maximum Gasteiger partial charge on any atom is 0.412 e. The van der Waals surface area contributed by atoms with Gasteiger partial charge in [-0.1, -0.05) is 36.4 Å². The van der Waals surface area contributed by atoms with Crippen molar-refractivity contribution in [1.29, 1.82) is 0 Å². The largest absolute Gasteiger partial charge is 0.495 e. The summed E-state index contributed by atoms with van der Waals surface area (Å²) >= 11 is 0. The second kappa shape index (κ2) is 11.9. The summed E-state index contributed by atoms with van der Waals surface area (Å²) in [6.07, 6.45) is 4.72. The monoisotopic (exact) mass is 570 g/mol. The molecule has 42 heavy (non-hydrogen) atoms. The number of carboxylic acid groups (broad SMARTS) is 1. The second-order valence-electron chi connectivity index (χ2n) is 11.3. The summed E-state index contributed by atoms with van der Waals surface area (Å²) in [5.74, 6) is 0.795. The van der Waals surface area contributed by atoms with Crippen molar-refractivity contribution in [3.8, 4) is 17.0 Å². The smallest absolute Gasteiger partial charge is 0.412 e. The number of likely N-dealkylation sites (N-methyl/N-ethyl adjacent to an activating group) is 1. The summed E-state index contributed by atoms with van der Waals surface area (Å²) < 4.78 is 7.74. The van der Waals surface area contributed by atoms with Crippen molar-refractivity contribution >= 4 is 28.6 Å². The minimum atomic E-state index is -1.07. The molecule has 1 saturated carbocycles. The fraction of sp³-hybridized carbons (Fsp3) is 0.419. The molecule has 1 amide bonds. The van der Waals surface area contributed by atoms with E-state index in [9.17, 15) is 9.90 Å². The Balaban J connectivity index is 1.30. The van der Waals surface area contributed by atoms with Gasteiger partial charge < -0.3 is 20.5 Å². The van der Waals surface area contributed by atoms with Crippen LogP contribution in [-0.2, 0) is 6.54 Å². The van der Waals surface area contributed by atoms with E-state index in [0.717, 1.165) is 68.6 Å². The number of anilines is 2. The van der Waals surface area contributed by atoms with Crippen LogP contribution in [0.2, 0.25) is 0 Å². The molecular weight excluding hydrogens is 532 g/mol. The summed E-state index contributed by atoms with van der Waals surface area (Å²) in [5, 5.41) is 15.8. The number of hydrogen-bond acceptors (Lipinski definition) is 8. The number of nitrogen functional groups attached to an aromatic ring is 1. The lowest BCUT2D eigenvalue weighted by Gasteiger charge is -2.41. The maximum atomic E-state index is 12.3. The molecule has 2 fully saturated rings. The Kier molecular flexibility index (Phi) is 7.94. The molecule has 1 aliphatic carbocycles. The number of aromatic nitrogens is 4. The van der Waals surface area contributed by atoms with Gasteiger partial charge in [-0.2, -0.15) is 5.10 Å². The normalized spacial score (nSPS) is 20.0.